The van der Waals surface area contributed by atoms with Crippen LogP contribution >= 0.6 is 0 Å². The van der Waals surface area contributed by atoms with Crippen molar-refractivity contribution in [2.24, 2.45) is 0 Å². The van der Waals surface area contributed by atoms with E-state index >= 15 is 0 Å². The van der Waals surface area contributed by atoms with Crippen LogP contribution in [-0.4, -0.2) is 30.9 Å². The lowest BCUT2D eigenvalue weighted by atomic mass is 10.1. The summed E-state index contributed by atoms with van der Waals surface area (Å²) in [6.45, 7) is 6.80. The number of nitrogens with one attached hydrogen (secondary N) is 3. The Balaban J connectivity index is 1.85. The van der Waals surface area contributed by atoms with E-state index in [2.05, 4.69) is 16.0 Å². The van der Waals surface area contributed by atoms with E-state index in [1.165, 1.54) is 6.92 Å². The van der Waals surface area contributed by atoms with Crippen LogP contribution in [0, 0.1) is 20.8 Å². The minimum Gasteiger partial charge on any atom is -0.482 e. The van der Waals surface area contributed by atoms with Gasteiger partial charge in [0.05, 0.1) is 12.2 Å². The highest BCUT2D eigenvalue weighted by atomic mass is 16.5. The molecule has 0 saturated carbocycles. The molecule has 2 aromatic carbocycles. The average molecular weight is 383 g/mol. The van der Waals surface area contributed by atoms with Gasteiger partial charge in [-0.05, 0) is 44.0 Å². The van der Waals surface area contributed by atoms with Gasteiger partial charge in [0, 0.05) is 12.6 Å². The van der Waals surface area contributed by atoms with Crippen molar-refractivity contribution < 1.29 is 19.1 Å². The van der Waals surface area contributed by atoms with Gasteiger partial charge in [0.15, 0.2) is 6.61 Å². The van der Waals surface area contributed by atoms with Crippen molar-refractivity contribution in [3.05, 3.63) is 53.1 Å². The van der Waals surface area contributed by atoms with Gasteiger partial charge in [0.2, 0.25) is 11.8 Å². The van der Waals surface area contributed by atoms with E-state index in [1.54, 1.807) is 24.3 Å². The molecule has 0 aromatic heterocycles. The molecule has 28 heavy (non-hydrogen) atoms. The van der Waals surface area contributed by atoms with Gasteiger partial charge < -0.3 is 20.7 Å². The lowest BCUT2D eigenvalue weighted by molar-refractivity contribution is -0.125. The molecule has 0 unspecified atom stereocenters. The van der Waals surface area contributed by atoms with Gasteiger partial charge in [0.1, 0.15) is 5.75 Å². The van der Waals surface area contributed by atoms with E-state index in [-0.39, 0.29) is 25.0 Å². The molecule has 0 aliphatic heterocycles. The van der Waals surface area contributed by atoms with Crippen LogP contribution in [-0.2, 0) is 14.4 Å². The number of ether oxygens (including phenoxy) is 1. The zero-order chi connectivity index (χ0) is 20.7. The van der Waals surface area contributed by atoms with Crippen LogP contribution in [0.25, 0.3) is 0 Å². The number of carbonyl (C=O) groups excluding carboxylic acids is 3. The Bertz CT molecular complexity index is 870. The summed E-state index contributed by atoms with van der Waals surface area (Å²) in [5, 5.41) is 7.97. The molecular formula is C21H25N3O4. The molecule has 0 aliphatic rings. The fourth-order valence-corrected chi connectivity index (χ4v) is 2.82. The molecule has 148 valence electrons. The second-order valence-electron chi connectivity index (χ2n) is 6.56. The van der Waals surface area contributed by atoms with Crippen molar-refractivity contribution in [1.29, 1.82) is 0 Å². The maximum absolute atomic E-state index is 12.1. The third kappa shape index (κ3) is 6.12. The summed E-state index contributed by atoms with van der Waals surface area (Å²) in [6, 6.07) is 10.8. The molecule has 7 nitrogen and oxygen atoms in total. The summed E-state index contributed by atoms with van der Waals surface area (Å²) >= 11 is 0. The third-order valence-electron chi connectivity index (χ3n) is 3.94. The summed E-state index contributed by atoms with van der Waals surface area (Å²) in [4.78, 5) is 35.3. The Morgan fingerprint density at radius 2 is 1.57 bits per heavy atom. The minimum absolute atomic E-state index is 0.164. The lowest BCUT2D eigenvalue weighted by Gasteiger charge is -2.14. The highest BCUT2D eigenvalue weighted by molar-refractivity contribution is 5.96. The molecule has 0 saturated heterocycles. The highest BCUT2D eigenvalue weighted by Gasteiger charge is 2.11. The lowest BCUT2D eigenvalue weighted by Crippen LogP contribution is -2.36. The summed E-state index contributed by atoms with van der Waals surface area (Å²) in [6.07, 6.45) is 0. The summed E-state index contributed by atoms with van der Waals surface area (Å²) in [7, 11) is 0. The largest absolute Gasteiger partial charge is 0.482 e. The molecular weight excluding hydrogens is 358 g/mol. The van der Waals surface area contributed by atoms with Crippen molar-refractivity contribution in [3.63, 3.8) is 0 Å². The maximum Gasteiger partial charge on any atom is 0.258 e. The zero-order valence-electron chi connectivity index (χ0n) is 16.5. The predicted octanol–water partition coefficient (Wildman–Crippen LogP) is 2.70. The van der Waals surface area contributed by atoms with Crippen molar-refractivity contribution in [2.75, 3.05) is 23.8 Å². The number of benzene rings is 2. The number of hydrogen-bond acceptors (Lipinski definition) is 4. The van der Waals surface area contributed by atoms with Crippen LogP contribution in [0.1, 0.15) is 23.6 Å². The molecule has 3 N–H and O–H groups in total. The van der Waals surface area contributed by atoms with Gasteiger partial charge in [-0.15, -0.1) is 0 Å². The fraction of sp³-hybridized carbons (Fsp3) is 0.286. The predicted molar refractivity (Wildman–Crippen MR) is 109 cm³/mol. The molecule has 2 aromatic rings. The Morgan fingerprint density at radius 3 is 2.21 bits per heavy atom. The number of carbonyl (C=O) groups is 3. The first-order chi connectivity index (χ1) is 13.3. The SMILES string of the molecule is CC(=O)Nc1ccccc1OCC(=O)NCC(=O)Nc1c(C)cc(C)cc1C. The van der Waals surface area contributed by atoms with Crippen LogP contribution in [0.3, 0.4) is 0 Å². The van der Waals surface area contributed by atoms with Crippen LogP contribution < -0.4 is 20.7 Å². The first-order valence-electron chi connectivity index (χ1n) is 8.90. The molecule has 0 fully saturated rings. The normalized spacial score (nSPS) is 10.1. The third-order valence-corrected chi connectivity index (χ3v) is 3.94. The standard InChI is InChI=1S/C21H25N3O4/c1-13-9-14(2)21(15(3)10-13)24-19(26)11-22-20(27)12-28-18-8-6-5-7-17(18)23-16(4)25/h5-10H,11-12H2,1-4H3,(H,22,27)(H,23,25)(H,24,26). The quantitative estimate of drug-likeness (QED) is 0.685. The van der Waals surface area contributed by atoms with Crippen molar-refractivity contribution in [1.82, 2.24) is 5.32 Å². The molecule has 0 spiro atoms. The molecule has 3 amide bonds. The van der Waals surface area contributed by atoms with E-state index < -0.39 is 5.91 Å². The molecule has 7 heteroatoms. The van der Waals surface area contributed by atoms with Crippen molar-refractivity contribution >= 4 is 29.1 Å². The van der Waals surface area contributed by atoms with E-state index in [9.17, 15) is 14.4 Å². The van der Waals surface area contributed by atoms with Gasteiger partial charge in [-0.2, -0.15) is 0 Å². The monoisotopic (exact) mass is 383 g/mol. The Hall–Kier alpha value is -3.35. The first kappa shape index (κ1) is 21.0. The number of rotatable bonds is 7. The smallest absolute Gasteiger partial charge is 0.258 e. The molecule has 0 radical (unpaired) electrons. The first-order valence-corrected chi connectivity index (χ1v) is 8.90. The van der Waals surface area contributed by atoms with Crippen LogP contribution in [0.5, 0.6) is 5.75 Å². The number of amides is 3. The van der Waals surface area contributed by atoms with E-state index in [0.717, 1.165) is 22.4 Å². The van der Waals surface area contributed by atoms with E-state index in [0.29, 0.717) is 11.4 Å². The van der Waals surface area contributed by atoms with Crippen LogP contribution in [0.15, 0.2) is 36.4 Å². The number of anilines is 2. The minimum atomic E-state index is -0.440. The molecule has 0 aliphatic carbocycles. The maximum atomic E-state index is 12.1. The summed E-state index contributed by atoms with van der Waals surface area (Å²) < 4.78 is 5.44. The van der Waals surface area contributed by atoms with E-state index in [4.69, 9.17) is 4.74 Å². The average Bonchev–Trinajstić information content (AvgIpc) is 2.61. The number of para-hydroxylation sites is 2. The Labute approximate surface area is 164 Å². The highest BCUT2D eigenvalue weighted by Crippen LogP contribution is 2.23. The van der Waals surface area contributed by atoms with E-state index in [1.807, 2.05) is 32.9 Å². The Kier molecular flexibility index (Phi) is 7.14. The second-order valence-corrected chi connectivity index (χ2v) is 6.56. The number of aryl methyl sites for hydroxylation is 3. The van der Waals surface area contributed by atoms with Gasteiger partial charge in [-0.25, -0.2) is 0 Å². The van der Waals surface area contributed by atoms with Gasteiger partial charge >= 0.3 is 0 Å². The summed E-state index contributed by atoms with van der Waals surface area (Å²) in [5.74, 6) is -0.616. The second kappa shape index (κ2) is 9.55. The topological polar surface area (TPSA) is 96.5 Å². The molecule has 0 heterocycles. The molecule has 0 bridgehead atoms. The fourth-order valence-electron chi connectivity index (χ4n) is 2.82. The van der Waals surface area contributed by atoms with Crippen molar-refractivity contribution in [2.45, 2.75) is 27.7 Å². The van der Waals surface area contributed by atoms with Crippen LogP contribution in [0.4, 0.5) is 11.4 Å². The molecule has 0 atom stereocenters. The van der Waals surface area contributed by atoms with Crippen molar-refractivity contribution in [3.8, 4) is 5.75 Å². The number of hydrogen-bond donors (Lipinski definition) is 3. The van der Waals surface area contributed by atoms with Gasteiger partial charge in [-0.1, -0.05) is 29.8 Å². The van der Waals surface area contributed by atoms with Gasteiger partial charge in [0.25, 0.3) is 5.91 Å². The zero-order valence-corrected chi connectivity index (χ0v) is 16.5. The Morgan fingerprint density at radius 1 is 0.929 bits per heavy atom. The molecule has 2 rings (SSSR count). The summed E-state index contributed by atoms with van der Waals surface area (Å²) in [5.41, 5.74) is 4.29. The van der Waals surface area contributed by atoms with Gasteiger partial charge in [-0.3, -0.25) is 14.4 Å². The van der Waals surface area contributed by atoms with Crippen LogP contribution in [0.2, 0.25) is 0 Å².